The number of rotatable bonds is 4. The van der Waals surface area contributed by atoms with Gasteiger partial charge in [0.15, 0.2) is 5.78 Å². The molecule has 0 saturated carbocycles. The SMILES string of the molecule is C=CC(F)(F)Oc1ccc(C(C)=O)cc1. The lowest BCUT2D eigenvalue weighted by Gasteiger charge is -2.13. The molecule has 0 N–H and O–H groups in total. The van der Waals surface area contributed by atoms with E-state index in [9.17, 15) is 13.6 Å². The number of carbonyl (C=O) groups excluding carboxylic acids is 1. The first kappa shape index (κ1) is 11.4. The number of ether oxygens (including phenoxy) is 1. The molecule has 0 saturated heterocycles. The molecule has 15 heavy (non-hydrogen) atoms. The first-order valence-corrected chi connectivity index (χ1v) is 4.26. The molecule has 80 valence electrons. The average molecular weight is 212 g/mol. The third kappa shape index (κ3) is 3.16. The molecule has 1 rings (SSSR count). The van der Waals surface area contributed by atoms with E-state index in [1.807, 2.05) is 0 Å². The number of carbonyl (C=O) groups is 1. The van der Waals surface area contributed by atoms with Crippen LogP contribution < -0.4 is 4.74 Å². The quantitative estimate of drug-likeness (QED) is 0.566. The van der Waals surface area contributed by atoms with E-state index >= 15 is 0 Å². The van der Waals surface area contributed by atoms with Crippen molar-refractivity contribution in [1.29, 1.82) is 0 Å². The van der Waals surface area contributed by atoms with Crippen molar-refractivity contribution in [2.24, 2.45) is 0 Å². The fourth-order valence-corrected chi connectivity index (χ4v) is 0.956. The van der Waals surface area contributed by atoms with Gasteiger partial charge in [-0.25, -0.2) is 0 Å². The van der Waals surface area contributed by atoms with Gasteiger partial charge in [-0.05, 0) is 31.2 Å². The summed E-state index contributed by atoms with van der Waals surface area (Å²) < 4.78 is 29.7. The minimum Gasteiger partial charge on any atom is -0.429 e. The summed E-state index contributed by atoms with van der Waals surface area (Å²) in [5.74, 6) is -0.137. The van der Waals surface area contributed by atoms with Crippen LogP contribution in [-0.4, -0.2) is 11.9 Å². The lowest BCUT2D eigenvalue weighted by Crippen LogP contribution is -2.20. The maximum atomic E-state index is 12.7. The van der Waals surface area contributed by atoms with Gasteiger partial charge < -0.3 is 4.74 Å². The Bertz CT molecular complexity index is 369. The predicted octanol–water partition coefficient (Wildman–Crippen LogP) is 3.05. The number of alkyl halides is 2. The Morgan fingerprint density at radius 3 is 2.33 bits per heavy atom. The fraction of sp³-hybridized carbons (Fsp3) is 0.182. The molecule has 0 unspecified atom stereocenters. The van der Waals surface area contributed by atoms with Gasteiger partial charge in [0.1, 0.15) is 5.75 Å². The molecular formula is C11H10F2O2. The number of hydrogen-bond acceptors (Lipinski definition) is 2. The van der Waals surface area contributed by atoms with E-state index in [-0.39, 0.29) is 11.5 Å². The van der Waals surface area contributed by atoms with Crippen molar-refractivity contribution in [3.63, 3.8) is 0 Å². The van der Waals surface area contributed by atoms with Gasteiger partial charge in [-0.15, -0.1) is 0 Å². The Hall–Kier alpha value is -1.71. The molecule has 0 aliphatic heterocycles. The summed E-state index contributed by atoms with van der Waals surface area (Å²) >= 11 is 0. The zero-order valence-corrected chi connectivity index (χ0v) is 8.17. The van der Waals surface area contributed by atoms with Crippen LogP contribution in [0.1, 0.15) is 17.3 Å². The van der Waals surface area contributed by atoms with Crippen molar-refractivity contribution >= 4 is 5.78 Å². The number of benzene rings is 1. The van der Waals surface area contributed by atoms with Gasteiger partial charge in [-0.3, -0.25) is 4.79 Å². The predicted molar refractivity (Wildman–Crippen MR) is 52.2 cm³/mol. The lowest BCUT2D eigenvalue weighted by atomic mass is 10.1. The lowest BCUT2D eigenvalue weighted by molar-refractivity contribution is -0.131. The highest BCUT2D eigenvalue weighted by Crippen LogP contribution is 2.22. The summed E-state index contributed by atoms with van der Waals surface area (Å²) in [6.07, 6.45) is -2.98. The Kier molecular flexibility index (Phi) is 3.19. The monoisotopic (exact) mass is 212 g/mol. The van der Waals surface area contributed by atoms with Crippen molar-refractivity contribution in [2.75, 3.05) is 0 Å². The molecule has 0 aliphatic carbocycles. The molecule has 1 aromatic carbocycles. The van der Waals surface area contributed by atoms with E-state index in [2.05, 4.69) is 11.3 Å². The van der Waals surface area contributed by atoms with Crippen molar-refractivity contribution < 1.29 is 18.3 Å². The molecule has 0 radical (unpaired) electrons. The van der Waals surface area contributed by atoms with Crippen molar-refractivity contribution in [3.05, 3.63) is 42.5 Å². The van der Waals surface area contributed by atoms with Crippen LogP contribution in [-0.2, 0) is 0 Å². The van der Waals surface area contributed by atoms with Crippen LogP contribution in [0.2, 0.25) is 0 Å². The maximum Gasteiger partial charge on any atom is 0.419 e. The standard InChI is InChI=1S/C11H10F2O2/c1-3-11(12,13)15-10-6-4-9(5-7-10)8(2)14/h3-7H,1H2,2H3. The number of hydrogen-bond donors (Lipinski definition) is 0. The molecule has 0 aliphatic rings. The smallest absolute Gasteiger partial charge is 0.419 e. The van der Waals surface area contributed by atoms with Crippen LogP contribution in [0.15, 0.2) is 36.9 Å². The summed E-state index contributed by atoms with van der Waals surface area (Å²) in [5, 5.41) is 0. The van der Waals surface area contributed by atoms with E-state index in [4.69, 9.17) is 0 Å². The summed E-state index contributed by atoms with van der Waals surface area (Å²) in [6.45, 7) is 4.34. The number of Topliss-reactive ketones (excluding diaryl/α,β-unsaturated/α-hetero) is 1. The normalized spacial score (nSPS) is 10.9. The first-order valence-electron chi connectivity index (χ1n) is 4.26. The Morgan fingerprint density at radius 2 is 1.93 bits per heavy atom. The summed E-state index contributed by atoms with van der Waals surface area (Å²) in [7, 11) is 0. The minimum absolute atomic E-state index is 0.00935. The van der Waals surface area contributed by atoms with Crippen LogP contribution >= 0.6 is 0 Å². The van der Waals surface area contributed by atoms with Crippen molar-refractivity contribution in [3.8, 4) is 5.75 Å². The van der Waals surface area contributed by atoms with E-state index in [1.54, 1.807) is 0 Å². The molecule has 0 heterocycles. The van der Waals surface area contributed by atoms with Gasteiger partial charge in [0.05, 0.1) is 0 Å². The molecule has 0 atom stereocenters. The zero-order chi connectivity index (χ0) is 11.5. The Balaban J connectivity index is 2.81. The van der Waals surface area contributed by atoms with E-state index in [1.165, 1.54) is 31.2 Å². The van der Waals surface area contributed by atoms with E-state index < -0.39 is 6.11 Å². The second kappa shape index (κ2) is 4.21. The molecule has 0 fully saturated rings. The maximum absolute atomic E-state index is 12.7. The molecule has 0 amide bonds. The average Bonchev–Trinajstić information content (AvgIpc) is 2.18. The molecule has 0 aromatic heterocycles. The largest absolute Gasteiger partial charge is 0.429 e. The van der Waals surface area contributed by atoms with E-state index in [0.717, 1.165) is 0 Å². The highest BCUT2D eigenvalue weighted by molar-refractivity contribution is 5.94. The highest BCUT2D eigenvalue weighted by atomic mass is 19.3. The molecule has 0 bridgehead atoms. The molecular weight excluding hydrogens is 202 g/mol. The summed E-state index contributed by atoms with van der Waals surface area (Å²) in [4.78, 5) is 10.9. The molecule has 1 aromatic rings. The molecule has 0 spiro atoms. The van der Waals surface area contributed by atoms with Crippen LogP contribution in [0.4, 0.5) is 8.78 Å². The number of halogens is 2. The summed E-state index contributed by atoms with van der Waals surface area (Å²) in [5.41, 5.74) is 0.448. The van der Waals surface area contributed by atoms with Gasteiger partial charge in [-0.1, -0.05) is 6.58 Å². The van der Waals surface area contributed by atoms with Crippen LogP contribution in [0.5, 0.6) is 5.75 Å². The fourth-order valence-electron chi connectivity index (χ4n) is 0.956. The van der Waals surface area contributed by atoms with Crippen LogP contribution in [0, 0.1) is 0 Å². The molecule has 4 heteroatoms. The third-order valence-electron chi connectivity index (χ3n) is 1.75. The van der Waals surface area contributed by atoms with Gasteiger partial charge in [0.2, 0.25) is 0 Å². The van der Waals surface area contributed by atoms with E-state index in [0.29, 0.717) is 11.6 Å². The van der Waals surface area contributed by atoms with Gasteiger partial charge >= 0.3 is 6.11 Å². The van der Waals surface area contributed by atoms with Crippen LogP contribution in [0.3, 0.4) is 0 Å². The highest BCUT2D eigenvalue weighted by Gasteiger charge is 2.26. The molecule has 2 nitrogen and oxygen atoms in total. The second-order valence-corrected chi connectivity index (χ2v) is 2.95. The summed E-state index contributed by atoms with van der Waals surface area (Å²) in [6, 6.07) is 5.48. The Morgan fingerprint density at radius 1 is 1.40 bits per heavy atom. The first-order chi connectivity index (χ1) is 6.94. The Labute approximate surface area is 86.2 Å². The second-order valence-electron chi connectivity index (χ2n) is 2.95. The topological polar surface area (TPSA) is 26.3 Å². The number of ketones is 1. The zero-order valence-electron chi connectivity index (χ0n) is 8.17. The van der Waals surface area contributed by atoms with Gasteiger partial charge in [0.25, 0.3) is 0 Å². The minimum atomic E-state index is -3.39. The van der Waals surface area contributed by atoms with Crippen molar-refractivity contribution in [2.45, 2.75) is 13.0 Å². The van der Waals surface area contributed by atoms with Gasteiger partial charge in [-0.2, -0.15) is 8.78 Å². The third-order valence-corrected chi connectivity index (χ3v) is 1.75. The van der Waals surface area contributed by atoms with Crippen molar-refractivity contribution in [1.82, 2.24) is 0 Å². The van der Waals surface area contributed by atoms with Gasteiger partial charge in [0, 0.05) is 11.6 Å². The van der Waals surface area contributed by atoms with Crippen LogP contribution in [0.25, 0.3) is 0 Å².